The summed E-state index contributed by atoms with van der Waals surface area (Å²) in [6, 6.07) is 17.8. The van der Waals surface area contributed by atoms with Crippen LogP contribution in [0.3, 0.4) is 0 Å². The highest BCUT2D eigenvalue weighted by Crippen LogP contribution is 2.24. The lowest BCUT2D eigenvalue weighted by atomic mass is 10.2. The maximum atomic E-state index is 12.8. The second kappa shape index (κ2) is 7.28. The van der Waals surface area contributed by atoms with E-state index in [1.54, 1.807) is 24.3 Å². The predicted octanol–water partition coefficient (Wildman–Crippen LogP) is 4.89. The van der Waals surface area contributed by atoms with Crippen LogP contribution in [0.4, 0.5) is 10.5 Å². The maximum absolute atomic E-state index is 12.8. The van der Waals surface area contributed by atoms with E-state index in [9.17, 15) is 9.59 Å². The van der Waals surface area contributed by atoms with Gasteiger partial charge in [-0.1, -0.05) is 11.6 Å². The van der Waals surface area contributed by atoms with Gasteiger partial charge < -0.3 is 4.57 Å². The molecule has 4 rings (SSSR count). The molecule has 5 nitrogen and oxygen atoms in total. The van der Waals surface area contributed by atoms with Crippen molar-refractivity contribution in [2.24, 2.45) is 4.99 Å². The lowest BCUT2D eigenvalue weighted by Crippen LogP contribution is -2.33. The highest BCUT2D eigenvalue weighted by atomic mass is 127. The minimum absolute atomic E-state index is 0.223. The first-order chi connectivity index (χ1) is 13.0. The van der Waals surface area contributed by atoms with Gasteiger partial charge in [-0.25, -0.2) is 9.69 Å². The number of anilines is 1. The number of carbonyl (C=O) groups excluding carboxylic acids is 2. The number of hydrogen-bond donors (Lipinski definition) is 0. The molecule has 2 aromatic carbocycles. The van der Waals surface area contributed by atoms with Crippen LogP contribution >= 0.6 is 34.2 Å². The fourth-order valence-corrected chi connectivity index (χ4v) is 3.43. The molecule has 2 heterocycles. The van der Waals surface area contributed by atoms with E-state index in [-0.39, 0.29) is 12.1 Å². The number of amides is 3. The number of aromatic nitrogens is 1. The Bertz CT molecular complexity index is 1060. The number of benzene rings is 2. The number of aliphatic imine (C=N–C) groups is 1. The normalized spacial score (nSPS) is 14.0. The van der Waals surface area contributed by atoms with Crippen molar-refractivity contribution in [2.75, 3.05) is 4.90 Å². The van der Waals surface area contributed by atoms with Crippen molar-refractivity contribution >= 4 is 57.5 Å². The Morgan fingerprint density at radius 1 is 0.926 bits per heavy atom. The quantitative estimate of drug-likeness (QED) is 0.490. The number of imide groups is 1. The zero-order valence-corrected chi connectivity index (χ0v) is 16.9. The third kappa shape index (κ3) is 3.54. The first-order valence-corrected chi connectivity index (χ1v) is 9.62. The number of hydrogen-bond acceptors (Lipinski definition) is 2. The topological polar surface area (TPSA) is 54.7 Å². The summed E-state index contributed by atoms with van der Waals surface area (Å²) in [4.78, 5) is 30.1. The number of carbonyl (C=O) groups is 2. The van der Waals surface area contributed by atoms with E-state index >= 15 is 0 Å². The molecule has 0 N–H and O–H groups in total. The minimum atomic E-state index is -0.579. The van der Waals surface area contributed by atoms with Gasteiger partial charge in [0.15, 0.2) is 0 Å². The van der Waals surface area contributed by atoms with Gasteiger partial charge >= 0.3 is 6.03 Å². The Labute approximate surface area is 174 Å². The highest BCUT2D eigenvalue weighted by Gasteiger charge is 2.34. The molecule has 0 atom stereocenters. The summed E-state index contributed by atoms with van der Waals surface area (Å²) >= 11 is 8.13. The fraction of sp³-hybridized carbons (Fsp3) is 0.0500. The van der Waals surface area contributed by atoms with Crippen molar-refractivity contribution in [3.05, 3.63) is 81.1 Å². The summed E-state index contributed by atoms with van der Waals surface area (Å²) in [5.74, 6) is -0.405. The summed E-state index contributed by atoms with van der Waals surface area (Å²) in [5.41, 5.74) is 2.55. The van der Waals surface area contributed by atoms with E-state index in [2.05, 4.69) is 27.6 Å². The van der Waals surface area contributed by atoms with E-state index in [4.69, 9.17) is 11.6 Å². The molecule has 0 saturated carbocycles. The molecule has 3 aromatic rings. The molecule has 1 aliphatic rings. The average molecular weight is 490 g/mol. The van der Waals surface area contributed by atoms with Crippen LogP contribution in [-0.4, -0.2) is 22.2 Å². The van der Waals surface area contributed by atoms with Crippen LogP contribution in [-0.2, 0) is 11.2 Å². The molecular formula is C20H13ClIN3O2. The van der Waals surface area contributed by atoms with Gasteiger partial charge in [0.1, 0.15) is 5.71 Å². The van der Waals surface area contributed by atoms with Gasteiger partial charge in [-0.05, 0) is 83.3 Å². The van der Waals surface area contributed by atoms with Crippen molar-refractivity contribution in [3.63, 3.8) is 0 Å². The third-order valence-electron chi connectivity index (χ3n) is 4.24. The second-order valence-corrected chi connectivity index (χ2v) is 7.66. The van der Waals surface area contributed by atoms with E-state index in [0.29, 0.717) is 10.7 Å². The van der Waals surface area contributed by atoms with Crippen LogP contribution < -0.4 is 4.90 Å². The van der Waals surface area contributed by atoms with Gasteiger partial charge in [-0.15, -0.1) is 0 Å². The van der Waals surface area contributed by atoms with Crippen LogP contribution in [0.25, 0.3) is 5.69 Å². The van der Waals surface area contributed by atoms with Crippen LogP contribution in [0.1, 0.15) is 5.69 Å². The average Bonchev–Trinajstić information content (AvgIpc) is 3.22. The van der Waals surface area contributed by atoms with E-state index in [0.717, 1.165) is 19.9 Å². The highest BCUT2D eigenvalue weighted by molar-refractivity contribution is 14.1. The zero-order valence-electron chi connectivity index (χ0n) is 14.0. The lowest BCUT2D eigenvalue weighted by molar-refractivity contribution is -0.111. The van der Waals surface area contributed by atoms with Crippen molar-refractivity contribution in [3.8, 4) is 5.69 Å². The molecule has 134 valence electrons. The largest absolute Gasteiger partial charge is 0.355 e. The molecule has 0 aliphatic carbocycles. The number of rotatable bonds is 4. The maximum Gasteiger partial charge on any atom is 0.355 e. The molecule has 0 saturated heterocycles. The Balaban J connectivity index is 1.59. The number of urea groups is 1. The van der Waals surface area contributed by atoms with Crippen molar-refractivity contribution in [2.45, 2.75) is 6.42 Å². The summed E-state index contributed by atoms with van der Waals surface area (Å²) in [7, 11) is 0. The van der Waals surface area contributed by atoms with Crippen LogP contribution in [0.5, 0.6) is 0 Å². The molecule has 0 bridgehead atoms. The van der Waals surface area contributed by atoms with Crippen molar-refractivity contribution in [1.29, 1.82) is 0 Å². The first kappa shape index (κ1) is 17.9. The summed E-state index contributed by atoms with van der Waals surface area (Å²) in [5, 5.41) is 0.536. The SMILES string of the molecule is O=C1N=C(Cc2cccn2-c2ccc(I)cc2)C(=O)N1c1ccc(Cl)cc1. The fourth-order valence-electron chi connectivity index (χ4n) is 2.95. The monoisotopic (exact) mass is 489 g/mol. The van der Waals surface area contributed by atoms with Crippen LogP contribution in [0.2, 0.25) is 5.02 Å². The van der Waals surface area contributed by atoms with Crippen LogP contribution in [0.15, 0.2) is 71.9 Å². The summed E-state index contributed by atoms with van der Waals surface area (Å²) in [6.45, 7) is 0. The summed E-state index contributed by atoms with van der Waals surface area (Å²) in [6.07, 6.45) is 2.20. The molecule has 0 fully saturated rings. The standard InChI is InChI=1S/C20H13ClIN3O2/c21-13-3-7-16(8-4-13)25-19(26)18(23-20(25)27)12-17-2-1-11-24(17)15-9-5-14(22)6-10-15/h1-11H,12H2. The van der Waals surface area contributed by atoms with Gasteiger partial charge in [0.05, 0.1) is 5.69 Å². The smallest absolute Gasteiger partial charge is 0.321 e. The molecule has 3 amide bonds. The van der Waals surface area contributed by atoms with Gasteiger partial charge in [-0.3, -0.25) is 4.79 Å². The van der Waals surface area contributed by atoms with Crippen molar-refractivity contribution in [1.82, 2.24) is 4.57 Å². The molecule has 0 spiro atoms. The van der Waals surface area contributed by atoms with Gasteiger partial charge in [-0.2, -0.15) is 4.99 Å². The predicted molar refractivity (Wildman–Crippen MR) is 114 cm³/mol. The third-order valence-corrected chi connectivity index (χ3v) is 5.21. The second-order valence-electron chi connectivity index (χ2n) is 5.98. The Hall–Kier alpha value is -2.45. The van der Waals surface area contributed by atoms with E-state index < -0.39 is 11.9 Å². The van der Waals surface area contributed by atoms with Gasteiger partial charge in [0, 0.05) is 32.6 Å². The van der Waals surface area contributed by atoms with Gasteiger partial charge in [0.25, 0.3) is 5.91 Å². The Morgan fingerprint density at radius 2 is 1.59 bits per heavy atom. The summed E-state index contributed by atoms with van der Waals surface area (Å²) < 4.78 is 3.13. The first-order valence-electron chi connectivity index (χ1n) is 8.16. The van der Waals surface area contributed by atoms with E-state index in [1.807, 2.05) is 47.2 Å². The Kier molecular flexibility index (Phi) is 4.84. The Morgan fingerprint density at radius 3 is 2.30 bits per heavy atom. The molecule has 0 radical (unpaired) electrons. The van der Waals surface area contributed by atoms with Crippen molar-refractivity contribution < 1.29 is 9.59 Å². The minimum Gasteiger partial charge on any atom is -0.321 e. The molecule has 0 unspecified atom stereocenters. The number of halogens is 2. The molecule has 1 aliphatic heterocycles. The van der Waals surface area contributed by atoms with Gasteiger partial charge in [0.2, 0.25) is 0 Å². The van der Waals surface area contributed by atoms with E-state index in [1.165, 1.54) is 0 Å². The number of nitrogens with zero attached hydrogens (tertiary/aromatic N) is 3. The van der Waals surface area contributed by atoms with Crippen LogP contribution in [0, 0.1) is 3.57 Å². The molecular weight excluding hydrogens is 477 g/mol. The lowest BCUT2D eigenvalue weighted by Gasteiger charge is -2.13. The molecule has 1 aromatic heterocycles. The zero-order chi connectivity index (χ0) is 19.0. The molecule has 7 heteroatoms. The molecule has 27 heavy (non-hydrogen) atoms.